The zero-order valence-electron chi connectivity index (χ0n) is 20.9. The molecule has 2 N–H and O–H groups in total. The topological polar surface area (TPSA) is 95.6 Å². The summed E-state index contributed by atoms with van der Waals surface area (Å²) < 4.78 is 27.8. The first-order chi connectivity index (χ1) is 16.2. The highest BCUT2D eigenvalue weighted by Gasteiger charge is 2.33. The van der Waals surface area contributed by atoms with E-state index in [1.165, 1.54) is 0 Å². The second-order valence-electron chi connectivity index (χ2n) is 10.4. The molecular weight excluding hydrogens is 450 g/mol. The van der Waals surface area contributed by atoms with Gasteiger partial charge in [-0.3, -0.25) is 9.59 Å². The number of likely N-dealkylation sites (tertiary alicyclic amines) is 1. The van der Waals surface area contributed by atoms with Gasteiger partial charge < -0.3 is 10.2 Å². The molecule has 1 aliphatic carbocycles. The molecule has 0 spiro atoms. The molecule has 7 nitrogen and oxygen atoms in total. The minimum Gasteiger partial charge on any atom is -0.344 e. The van der Waals surface area contributed by atoms with Crippen molar-refractivity contribution in [2.24, 2.45) is 17.8 Å². The van der Waals surface area contributed by atoms with E-state index in [4.69, 9.17) is 0 Å². The molecule has 3 rings (SSSR count). The highest BCUT2D eigenvalue weighted by Crippen LogP contribution is 2.29. The Bertz CT molecular complexity index is 914. The third-order valence-electron chi connectivity index (χ3n) is 7.26. The van der Waals surface area contributed by atoms with Crippen molar-refractivity contribution in [3.8, 4) is 0 Å². The van der Waals surface area contributed by atoms with Crippen LogP contribution in [0.4, 0.5) is 0 Å². The zero-order valence-corrected chi connectivity index (χ0v) is 21.7. The van der Waals surface area contributed by atoms with Gasteiger partial charge in [0.2, 0.25) is 21.8 Å². The maximum absolute atomic E-state index is 13.1. The van der Waals surface area contributed by atoms with Gasteiger partial charge >= 0.3 is 0 Å². The largest absolute Gasteiger partial charge is 0.344 e. The van der Waals surface area contributed by atoms with Crippen molar-refractivity contribution in [2.45, 2.75) is 83.1 Å². The quantitative estimate of drug-likeness (QED) is 0.581. The van der Waals surface area contributed by atoms with Crippen LogP contribution in [0.2, 0.25) is 0 Å². The normalized spacial score (nSPS) is 22.8. The average Bonchev–Trinajstić information content (AvgIpc) is 3.11. The molecule has 2 fully saturated rings. The Kier molecular flexibility index (Phi) is 9.54. The predicted molar refractivity (Wildman–Crippen MR) is 134 cm³/mol. The zero-order chi connectivity index (χ0) is 24.7. The fraction of sp³-hybridized carbons (Fsp3) is 0.692. The number of hydrogen-bond donors (Lipinski definition) is 2. The predicted octanol–water partition coefficient (Wildman–Crippen LogP) is 3.62. The van der Waals surface area contributed by atoms with Gasteiger partial charge in [-0.15, -0.1) is 0 Å². The first kappa shape index (κ1) is 26.7. The van der Waals surface area contributed by atoms with Crippen molar-refractivity contribution < 1.29 is 18.0 Å². The molecular formula is C26H41N3O4S. The van der Waals surface area contributed by atoms with Gasteiger partial charge in [0.1, 0.15) is 6.04 Å². The Morgan fingerprint density at radius 1 is 0.971 bits per heavy atom. The van der Waals surface area contributed by atoms with Gasteiger partial charge in [-0.1, -0.05) is 44.4 Å². The molecule has 1 atom stereocenters. The van der Waals surface area contributed by atoms with E-state index in [1.807, 2.05) is 25.7 Å². The number of aryl methyl sites for hydroxylation is 1. The van der Waals surface area contributed by atoms with Gasteiger partial charge in [0, 0.05) is 25.6 Å². The van der Waals surface area contributed by atoms with Gasteiger partial charge in [-0.25, -0.2) is 13.1 Å². The van der Waals surface area contributed by atoms with Crippen molar-refractivity contribution in [1.82, 2.24) is 14.9 Å². The average molecular weight is 492 g/mol. The highest BCUT2D eigenvalue weighted by atomic mass is 32.2. The van der Waals surface area contributed by atoms with Crippen molar-refractivity contribution in [3.63, 3.8) is 0 Å². The van der Waals surface area contributed by atoms with Gasteiger partial charge in [-0.05, 0) is 69.4 Å². The van der Waals surface area contributed by atoms with Crippen molar-refractivity contribution in [1.29, 1.82) is 0 Å². The Hall–Kier alpha value is -1.93. The standard InChI is InChI=1S/C26H41N3O4S/c1-19(2)24(26(31)29-16-6-4-5-7-17-29)28-25(30)22-12-10-21(11-13-22)18-27-34(32,33)23-14-8-20(3)9-15-23/h8-9,14-15,19,21-22,24,27H,4-7,10-13,16-18H2,1-3H3,(H,28,30). The lowest BCUT2D eigenvalue weighted by molar-refractivity contribution is -0.139. The summed E-state index contributed by atoms with van der Waals surface area (Å²) in [4.78, 5) is 28.3. The Morgan fingerprint density at radius 3 is 2.12 bits per heavy atom. The molecule has 2 aliphatic rings. The van der Waals surface area contributed by atoms with Crippen molar-refractivity contribution >= 4 is 21.8 Å². The molecule has 1 saturated carbocycles. The van der Waals surface area contributed by atoms with E-state index >= 15 is 0 Å². The van der Waals surface area contributed by atoms with Crippen LogP contribution in [0.3, 0.4) is 0 Å². The van der Waals surface area contributed by atoms with E-state index in [-0.39, 0.29) is 34.5 Å². The molecule has 1 aromatic rings. The van der Waals surface area contributed by atoms with Crippen LogP contribution in [0, 0.1) is 24.7 Å². The first-order valence-corrected chi connectivity index (χ1v) is 14.3. The molecule has 1 heterocycles. The van der Waals surface area contributed by atoms with Crippen molar-refractivity contribution in [3.05, 3.63) is 29.8 Å². The number of rotatable bonds is 8. The van der Waals surface area contributed by atoms with Gasteiger partial charge in [-0.2, -0.15) is 0 Å². The van der Waals surface area contributed by atoms with Crippen LogP contribution in [-0.4, -0.2) is 50.8 Å². The number of carbonyl (C=O) groups is 2. The smallest absolute Gasteiger partial charge is 0.245 e. The summed E-state index contributed by atoms with van der Waals surface area (Å²) in [6, 6.07) is 6.35. The van der Waals surface area contributed by atoms with Crippen LogP contribution < -0.4 is 10.0 Å². The number of nitrogens with one attached hydrogen (secondary N) is 2. The van der Waals surface area contributed by atoms with E-state index in [0.29, 0.717) is 19.4 Å². The molecule has 2 amide bonds. The number of sulfonamides is 1. The summed E-state index contributed by atoms with van der Waals surface area (Å²) in [6.07, 6.45) is 7.39. The molecule has 34 heavy (non-hydrogen) atoms. The number of benzene rings is 1. The summed E-state index contributed by atoms with van der Waals surface area (Å²) in [5, 5.41) is 3.06. The number of nitrogens with zero attached hydrogens (tertiary/aromatic N) is 1. The molecule has 1 aliphatic heterocycles. The Labute approximate surface area is 205 Å². The van der Waals surface area contributed by atoms with Crippen LogP contribution in [0.1, 0.15) is 70.8 Å². The molecule has 0 bridgehead atoms. The number of hydrogen-bond acceptors (Lipinski definition) is 4. The van der Waals surface area contributed by atoms with E-state index < -0.39 is 16.1 Å². The third-order valence-corrected chi connectivity index (χ3v) is 8.70. The van der Waals surface area contributed by atoms with Crippen LogP contribution >= 0.6 is 0 Å². The minimum absolute atomic E-state index is 0.0345. The molecule has 0 aromatic heterocycles. The SMILES string of the molecule is Cc1ccc(S(=O)(=O)NCC2CCC(C(=O)NC(C(=O)N3CCCCCC3)C(C)C)CC2)cc1. The van der Waals surface area contributed by atoms with Crippen LogP contribution in [0.15, 0.2) is 29.2 Å². The number of carbonyl (C=O) groups excluding carboxylic acids is 2. The maximum Gasteiger partial charge on any atom is 0.245 e. The fourth-order valence-electron chi connectivity index (χ4n) is 4.93. The molecule has 190 valence electrons. The lowest BCUT2D eigenvalue weighted by Gasteiger charge is -2.32. The Morgan fingerprint density at radius 2 is 1.56 bits per heavy atom. The monoisotopic (exact) mass is 491 g/mol. The second-order valence-corrected chi connectivity index (χ2v) is 12.1. The van der Waals surface area contributed by atoms with Crippen LogP contribution in [0.5, 0.6) is 0 Å². The molecule has 1 saturated heterocycles. The summed E-state index contributed by atoms with van der Waals surface area (Å²) in [5.41, 5.74) is 1.02. The fourth-order valence-corrected chi connectivity index (χ4v) is 6.05. The lowest BCUT2D eigenvalue weighted by Crippen LogP contribution is -2.53. The summed E-state index contributed by atoms with van der Waals surface area (Å²) >= 11 is 0. The second kappa shape index (κ2) is 12.2. The van der Waals surface area contributed by atoms with Crippen molar-refractivity contribution in [2.75, 3.05) is 19.6 Å². The summed E-state index contributed by atoms with van der Waals surface area (Å²) in [7, 11) is -3.53. The van der Waals surface area contributed by atoms with E-state index in [1.54, 1.807) is 24.3 Å². The number of amides is 2. The molecule has 1 unspecified atom stereocenters. The van der Waals surface area contributed by atoms with Gasteiger partial charge in [0.05, 0.1) is 4.90 Å². The first-order valence-electron chi connectivity index (χ1n) is 12.8. The van der Waals surface area contributed by atoms with E-state index in [2.05, 4.69) is 10.0 Å². The van der Waals surface area contributed by atoms with Crippen LogP contribution in [-0.2, 0) is 19.6 Å². The van der Waals surface area contributed by atoms with E-state index in [0.717, 1.165) is 57.2 Å². The minimum atomic E-state index is -3.53. The van der Waals surface area contributed by atoms with Crippen LogP contribution in [0.25, 0.3) is 0 Å². The highest BCUT2D eigenvalue weighted by molar-refractivity contribution is 7.89. The molecule has 1 aromatic carbocycles. The van der Waals surface area contributed by atoms with Gasteiger partial charge in [0.15, 0.2) is 0 Å². The van der Waals surface area contributed by atoms with E-state index in [9.17, 15) is 18.0 Å². The lowest BCUT2D eigenvalue weighted by atomic mass is 9.81. The third kappa shape index (κ3) is 7.28. The summed E-state index contributed by atoms with van der Waals surface area (Å²) in [6.45, 7) is 7.83. The Balaban J connectivity index is 1.48. The summed E-state index contributed by atoms with van der Waals surface area (Å²) in [5.74, 6) is 0.129. The van der Waals surface area contributed by atoms with Gasteiger partial charge in [0.25, 0.3) is 0 Å². The molecule has 8 heteroatoms. The molecule has 0 radical (unpaired) electrons. The maximum atomic E-state index is 13.1.